The zero-order valence-corrected chi connectivity index (χ0v) is 18.2. The molecule has 1 aliphatic rings. The lowest BCUT2D eigenvalue weighted by atomic mass is 9.95. The maximum absolute atomic E-state index is 12.9. The zero-order valence-electron chi connectivity index (χ0n) is 18.2. The van der Waals surface area contributed by atoms with E-state index in [1.54, 1.807) is 36.4 Å². The Bertz CT molecular complexity index is 1140. The molecule has 33 heavy (non-hydrogen) atoms. The molecular weight excluding hydrogens is 420 g/mol. The van der Waals surface area contributed by atoms with Crippen molar-refractivity contribution in [2.75, 3.05) is 20.3 Å². The molecule has 4 rings (SSSR count). The van der Waals surface area contributed by atoms with Crippen LogP contribution in [0.5, 0.6) is 5.75 Å². The Kier molecular flexibility index (Phi) is 6.80. The molecule has 1 fully saturated rings. The van der Waals surface area contributed by atoms with E-state index in [1.165, 1.54) is 24.4 Å². The number of methoxy groups -OCH3 is 1. The number of ketones is 1. The van der Waals surface area contributed by atoms with E-state index in [4.69, 9.17) is 9.47 Å². The molecule has 0 aliphatic carbocycles. The van der Waals surface area contributed by atoms with E-state index >= 15 is 0 Å². The molecule has 1 aliphatic heterocycles. The van der Waals surface area contributed by atoms with Gasteiger partial charge < -0.3 is 19.5 Å². The minimum atomic E-state index is -0.739. The van der Waals surface area contributed by atoms with E-state index in [0.29, 0.717) is 23.5 Å². The number of aromatic nitrogens is 1. The fourth-order valence-corrected chi connectivity index (χ4v) is 3.80. The first-order chi connectivity index (χ1) is 16.1. The second-order valence-electron chi connectivity index (χ2n) is 7.56. The van der Waals surface area contributed by atoms with Crippen molar-refractivity contribution in [1.29, 1.82) is 0 Å². The molecule has 1 amide bonds. The largest absolute Gasteiger partial charge is 0.507 e. The Morgan fingerprint density at radius 3 is 2.36 bits per heavy atom. The van der Waals surface area contributed by atoms with Crippen LogP contribution in [0.3, 0.4) is 0 Å². The van der Waals surface area contributed by atoms with E-state index in [0.717, 1.165) is 5.56 Å². The Morgan fingerprint density at radius 2 is 1.70 bits per heavy atom. The molecule has 0 spiro atoms. The number of aliphatic hydroxyl groups is 1. The number of carbonyl (C=O) groups is 2. The van der Waals surface area contributed by atoms with Crippen molar-refractivity contribution in [2.45, 2.75) is 12.6 Å². The molecule has 7 heteroatoms. The summed E-state index contributed by atoms with van der Waals surface area (Å²) >= 11 is 0. The van der Waals surface area contributed by atoms with Crippen LogP contribution in [0.4, 0.5) is 0 Å². The van der Waals surface area contributed by atoms with Crippen molar-refractivity contribution in [2.24, 2.45) is 0 Å². The summed E-state index contributed by atoms with van der Waals surface area (Å²) in [6.45, 7) is 0.900. The van der Waals surface area contributed by atoms with Gasteiger partial charge in [0.25, 0.3) is 11.7 Å². The summed E-state index contributed by atoms with van der Waals surface area (Å²) in [5.41, 5.74) is 2.20. The van der Waals surface area contributed by atoms with E-state index in [2.05, 4.69) is 4.98 Å². The highest BCUT2D eigenvalue weighted by Gasteiger charge is 2.45. The van der Waals surface area contributed by atoms with Gasteiger partial charge in [0.15, 0.2) is 0 Å². The van der Waals surface area contributed by atoms with E-state index in [9.17, 15) is 14.7 Å². The van der Waals surface area contributed by atoms with Crippen molar-refractivity contribution in [3.8, 4) is 5.75 Å². The van der Waals surface area contributed by atoms with Crippen LogP contribution in [-0.2, 0) is 20.9 Å². The van der Waals surface area contributed by atoms with Gasteiger partial charge in [0.2, 0.25) is 0 Å². The van der Waals surface area contributed by atoms with Gasteiger partial charge in [0.1, 0.15) is 18.1 Å². The number of benzene rings is 2. The van der Waals surface area contributed by atoms with Crippen molar-refractivity contribution in [1.82, 2.24) is 9.88 Å². The highest BCUT2D eigenvalue weighted by molar-refractivity contribution is 6.46. The summed E-state index contributed by atoms with van der Waals surface area (Å²) in [4.78, 5) is 31.1. The summed E-state index contributed by atoms with van der Waals surface area (Å²) in [5.74, 6) is -0.970. The number of pyridine rings is 1. The van der Waals surface area contributed by atoms with Crippen molar-refractivity contribution in [3.05, 3.63) is 101 Å². The normalized spacial score (nSPS) is 17.4. The third-order valence-electron chi connectivity index (χ3n) is 5.47. The summed E-state index contributed by atoms with van der Waals surface area (Å²) in [7, 11) is 1.53. The SMILES string of the molecule is COCCN1C(=O)C(=O)C(=C(O)c2ccncc2)C1c1ccc(OCc2ccccc2)cc1. The Labute approximate surface area is 191 Å². The molecule has 0 bridgehead atoms. The first kappa shape index (κ1) is 22.2. The lowest BCUT2D eigenvalue weighted by Crippen LogP contribution is -2.32. The Balaban J connectivity index is 1.66. The van der Waals surface area contributed by atoms with Gasteiger partial charge in [-0.05, 0) is 35.4 Å². The maximum Gasteiger partial charge on any atom is 0.295 e. The second-order valence-corrected chi connectivity index (χ2v) is 7.56. The zero-order chi connectivity index (χ0) is 23.2. The smallest absolute Gasteiger partial charge is 0.295 e. The van der Waals surface area contributed by atoms with Crippen LogP contribution >= 0.6 is 0 Å². The van der Waals surface area contributed by atoms with Crippen LogP contribution in [0, 0.1) is 0 Å². The lowest BCUT2D eigenvalue weighted by molar-refractivity contribution is -0.140. The molecule has 2 heterocycles. The summed E-state index contributed by atoms with van der Waals surface area (Å²) in [5, 5.41) is 10.9. The average Bonchev–Trinajstić information content (AvgIpc) is 3.12. The molecule has 3 aromatic rings. The first-order valence-corrected chi connectivity index (χ1v) is 10.5. The third kappa shape index (κ3) is 4.78. The third-order valence-corrected chi connectivity index (χ3v) is 5.47. The summed E-state index contributed by atoms with van der Waals surface area (Å²) < 4.78 is 11.0. The number of hydrogen-bond acceptors (Lipinski definition) is 6. The van der Waals surface area contributed by atoms with Crippen LogP contribution in [0.25, 0.3) is 5.76 Å². The van der Waals surface area contributed by atoms with Gasteiger partial charge in [-0.25, -0.2) is 0 Å². The number of ether oxygens (including phenoxy) is 2. The van der Waals surface area contributed by atoms with Gasteiger partial charge >= 0.3 is 0 Å². The molecule has 1 unspecified atom stereocenters. The van der Waals surface area contributed by atoms with Crippen LogP contribution < -0.4 is 4.74 Å². The minimum Gasteiger partial charge on any atom is -0.507 e. The molecule has 2 aromatic carbocycles. The number of nitrogens with zero attached hydrogens (tertiary/aromatic N) is 2. The van der Waals surface area contributed by atoms with E-state index < -0.39 is 17.7 Å². The first-order valence-electron chi connectivity index (χ1n) is 10.5. The summed E-state index contributed by atoms with van der Waals surface area (Å²) in [6.07, 6.45) is 3.04. The minimum absolute atomic E-state index is 0.0419. The second kappa shape index (κ2) is 10.1. The summed E-state index contributed by atoms with van der Waals surface area (Å²) in [6, 6.07) is 19.5. The molecule has 7 nitrogen and oxygen atoms in total. The van der Waals surface area contributed by atoms with Crippen LogP contribution in [-0.4, -0.2) is 46.9 Å². The van der Waals surface area contributed by atoms with Crippen LogP contribution in [0.2, 0.25) is 0 Å². The van der Waals surface area contributed by atoms with Crippen molar-refractivity contribution >= 4 is 17.4 Å². The lowest BCUT2D eigenvalue weighted by Gasteiger charge is -2.25. The molecule has 168 valence electrons. The Hall–Kier alpha value is -3.97. The number of hydrogen-bond donors (Lipinski definition) is 1. The molecule has 1 atom stereocenters. The van der Waals surface area contributed by atoms with Crippen molar-refractivity contribution in [3.63, 3.8) is 0 Å². The predicted molar refractivity (Wildman–Crippen MR) is 122 cm³/mol. The predicted octanol–water partition coefficient (Wildman–Crippen LogP) is 3.73. The van der Waals surface area contributed by atoms with Gasteiger partial charge in [-0.1, -0.05) is 42.5 Å². The quantitative estimate of drug-likeness (QED) is 0.324. The number of amides is 1. The molecule has 0 saturated carbocycles. The molecular formula is C26H24N2O5. The van der Waals surface area contributed by atoms with E-state index in [-0.39, 0.29) is 24.5 Å². The van der Waals surface area contributed by atoms with Gasteiger partial charge in [0.05, 0.1) is 18.2 Å². The topological polar surface area (TPSA) is 89.0 Å². The number of aliphatic hydroxyl groups excluding tert-OH is 1. The van der Waals surface area contributed by atoms with Gasteiger partial charge in [-0.15, -0.1) is 0 Å². The number of rotatable bonds is 8. The molecule has 1 N–H and O–H groups in total. The Morgan fingerprint density at radius 1 is 1.00 bits per heavy atom. The van der Waals surface area contributed by atoms with Crippen molar-refractivity contribution < 1.29 is 24.2 Å². The molecule has 1 aromatic heterocycles. The highest BCUT2D eigenvalue weighted by Crippen LogP contribution is 2.39. The fraction of sp³-hybridized carbons (Fsp3) is 0.192. The molecule has 1 saturated heterocycles. The standard InChI is InChI=1S/C26H24N2O5/c1-32-16-15-28-23(22(25(30)26(28)31)24(29)20-11-13-27-14-12-20)19-7-9-21(10-8-19)33-17-18-5-3-2-4-6-18/h2-14,23,29H,15-17H2,1H3. The fourth-order valence-electron chi connectivity index (χ4n) is 3.80. The average molecular weight is 444 g/mol. The number of likely N-dealkylation sites (tertiary alicyclic amines) is 1. The number of carbonyl (C=O) groups excluding carboxylic acids is 2. The van der Waals surface area contributed by atoms with Gasteiger partial charge in [-0.2, -0.15) is 0 Å². The van der Waals surface area contributed by atoms with E-state index in [1.807, 2.05) is 30.3 Å². The van der Waals surface area contributed by atoms with Gasteiger partial charge in [-0.3, -0.25) is 14.6 Å². The highest BCUT2D eigenvalue weighted by atomic mass is 16.5. The van der Waals surface area contributed by atoms with Gasteiger partial charge in [0, 0.05) is 31.6 Å². The number of Topliss-reactive ketones (excluding diaryl/α,β-unsaturated/α-hetero) is 1. The van der Waals surface area contributed by atoms with Crippen LogP contribution in [0.1, 0.15) is 22.7 Å². The molecule has 0 radical (unpaired) electrons. The van der Waals surface area contributed by atoms with Crippen LogP contribution in [0.15, 0.2) is 84.7 Å². The monoisotopic (exact) mass is 444 g/mol. The maximum atomic E-state index is 12.9.